The molecule has 0 aliphatic heterocycles. The molecular weight excluding hydrogens is 144 g/mol. The summed E-state index contributed by atoms with van der Waals surface area (Å²) in [5, 5.41) is 0. The van der Waals surface area contributed by atoms with E-state index in [0.29, 0.717) is 5.92 Å². The summed E-state index contributed by atoms with van der Waals surface area (Å²) in [6.07, 6.45) is 9.78. The number of rotatable bonds is 6. The average Bonchev–Trinajstić information content (AvgIpc) is 2.04. The Labute approximate surface area is 77.4 Å². The molecule has 12 heavy (non-hydrogen) atoms. The van der Waals surface area contributed by atoms with Crippen molar-refractivity contribution in [3.63, 3.8) is 0 Å². The topological polar surface area (TPSA) is 0 Å². The van der Waals surface area contributed by atoms with E-state index in [1.807, 2.05) is 6.08 Å². The fourth-order valence-corrected chi connectivity index (χ4v) is 1.02. The van der Waals surface area contributed by atoms with E-state index < -0.39 is 0 Å². The van der Waals surface area contributed by atoms with Gasteiger partial charge in [0.05, 0.1) is 0 Å². The summed E-state index contributed by atoms with van der Waals surface area (Å²) >= 11 is 0. The summed E-state index contributed by atoms with van der Waals surface area (Å²) in [7, 11) is 0. The summed E-state index contributed by atoms with van der Waals surface area (Å²) in [5.74, 6) is 1.36. The highest BCUT2D eigenvalue weighted by molar-refractivity contribution is 4.88. The Morgan fingerprint density at radius 2 is 1.92 bits per heavy atom. The normalized spacial score (nSPS) is 16.2. The second kappa shape index (κ2) is 7.15. The first kappa shape index (κ1) is 11.5. The smallest absolute Gasteiger partial charge is 0.0262 e. The van der Waals surface area contributed by atoms with E-state index in [-0.39, 0.29) is 0 Å². The number of hydrogen-bond acceptors (Lipinski definition) is 0. The molecule has 2 unspecified atom stereocenters. The Balaban J connectivity index is 3.51. The third kappa shape index (κ3) is 6.21. The SMILES string of the molecule is [CH2]CC(C)C=CCC(C)CC=C. The molecule has 0 aliphatic carbocycles. The van der Waals surface area contributed by atoms with Crippen LogP contribution in [-0.4, -0.2) is 0 Å². The highest BCUT2D eigenvalue weighted by Gasteiger charge is 1.96. The Morgan fingerprint density at radius 3 is 2.42 bits per heavy atom. The van der Waals surface area contributed by atoms with Crippen LogP contribution in [0.5, 0.6) is 0 Å². The Hall–Kier alpha value is -0.520. The first-order chi connectivity index (χ1) is 5.70. The predicted octanol–water partition coefficient (Wildman–Crippen LogP) is 4.01. The average molecular weight is 165 g/mol. The van der Waals surface area contributed by atoms with Crippen LogP contribution in [0.15, 0.2) is 24.8 Å². The highest BCUT2D eigenvalue weighted by atomic mass is 14.0. The first-order valence-corrected chi connectivity index (χ1v) is 4.77. The zero-order chi connectivity index (χ0) is 9.40. The van der Waals surface area contributed by atoms with Gasteiger partial charge in [-0.15, -0.1) is 6.58 Å². The lowest BCUT2D eigenvalue weighted by Crippen LogP contribution is -1.90. The van der Waals surface area contributed by atoms with E-state index in [9.17, 15) is 0 Å². The van der Waals surface area contributed by atoms with Crippen molar-refractivity contribution in [3.8, 4) is 0 Å². The van der Waals surface area contributed by atoms with Gasteiger partial charge < -0.3 is 0 Å². The molecule has 0 saturated carbocycles. The molecule has 0 aromatic carbocycles. The molecule has 0 fully saturated rings. The van der Waals surface area contributed by atoms with Gasteiger partial charge in [0.1, 0.15) is 0 Å². The van der Waals surface area contributed by atoms with E-state index in [4.69, 9.17) is 0 Å². The molecule has 0 nitrogen and oxygen atoms in total. The molecule has 0 saturated heterocycles. The zero-order valence-electron chi connectivity index (χ0n) is 8.42. The van der Waals surface area contributed by atoms with E-state index in [0.717, 1.165) is 25.2 Å². The molecule has 69 valence electrons. The van der Waals surface area contributed by atoms with Crippen molar-refractivity contribution in [2.45, 2.75) is 33.1 Å². The Kier molecular flexibility index (Phi) is 6.84. The van der Waals surface area contributed by atoms with Crippen molar-refractivity contribution >= 4 is 0 Å². The third-order valence-electron chi connectivity index (χ3n) is 2.03. The van der Waals surface area contributed by atoms with E-state index in [2.05, 4.69) is 39.5 Å². The van der Waals surface area contributed by atoms with Gasteiger partial charge in [-0.2, -0.15) is 0 Å². The van der Waals surface area contributed by atoms with Gasteiger partial charge in [0.15, 0.2) is 0 Å². The minimum absolute atomic E-state index is 0.626. The molecule has 0 heteroatoms. The molecule has 0 aromatic rings. The maximum absolute atomic E-state index is 3.85. The second-order valence-electron chi connectivity index (χ2n) is 3.56. The second-order valence-corrected chi connectivity index (χ2v) is 3.56. The fraction of sp³-hybridized carbons (Fsp3) is 0.583. The molecule has 0 spiro atoms. The van der Waals surface area contributed by atoms with E-state index >= 15 is 0 Å². The van der Waals surface area contributed by atoms with Crippen molar-refractivity contribution in [1.29, 1.82) is 0 Å². The Bertz CT molecular complexity index is 133. The van der Waals surface area contributed by atoms with Gasteiger partial charge >= 0.3 is 0 Å². The maximum atomic E-state index is 3.85. The van der Waals surface area contributed by atoms with Crippen LogP contribution < -0.4 is 0 Å². The van der Waals surface area contributed by atoms with Gasteiger partial charge in [-0.25, -0.2) is 0 Å². The minimum Gasteiger partial charge on any atom is -0.103 e. The zero-order valence-corrected chi connectivity index (χ0v) is 8.42. The fourth-order valence-electron chi connectivity index (χ4n) is 1.02. The van der Waals surface area contributed by atoms with Crippen molar-refractivity contribution in [3.05, 3.63) is 31.7 Å². The lowest BCUT2D eigenvalue weighted by Gasteiger charge is -2.04. The lowest BCUT2D eigenvalue weighted by atomic mass is 10.0. The monoisotopic (exact) mass is 165 g/mol. The largest absolute Gasteiger partial charge is 0.103 e. The van der Waals surface area contributed by atoms with Gasteiger partial charge in [0.25, 0.3) is 0 Å². The summed E-state index contributed by atoms with van der Waals surface area (Å²) in [4.78, 5) is 0. The van der Waals surface area contributed by atoms with Gasteiger partial charge in [-0.05, 0) is 31.1 Å². The molecule has 2 atom stereocenters. The van der Waals surface area contributed by atoms with E-state index in [1.165, 1.54) is 0 Å². The third-order valence-corrected chi connectivity index (χ3v) is 2.03. The van der Waals surface area contributed by atoms with Crippen LogP contribution in [0.1, 0.15) is 33.1 Å². The van der Waals surface area contributed by atoms with Crippen molar-refractivity contribution in [1.82, 2.24) is 0 Å². The molecule has 0 amide bonds. The first-order valence-electron chi connectivity index (χ1n) is 4.77. The lowest BCUT2D eigenvalue weighted by molar-refractivity contribution is 0.599. The standard InChI is InChI=1S/C12H21/c1-5-8-12(4)10-7-9-11(3)6-2/h5,7,9,11-12H,1-2,6,8,10H2,3-4H3. The number of hydrogen-bond donors (Lipinski definition) is 0. The van der Waals surface area contributed by atoms with Crippen LogP contribution in [0.25, 0.3) is 0 Å². The summed E-state index contributed by atoms with van der Waals surface area (Å²) in [6.45, 7) is 12.0. The van der Waals surface area contributed by atoms with Gasteiger partial charge in [0, 0.05) is 0 Å². The molecule has 0 aliphatic rings. The summed E-state index contributed by atoms with van der Waals surface area (Å²) in [5.41, 5.74) is 0. The van der Waals surface area contributed by atoms with Crippen LogP contribution in [0.2, 0.25) is 0 Å². The highest BCUT2D eigenvalue weighted by Crippen LogP contribution is 2.10. The molecule has 0 aromatic heterocycles. The van der Waals surface area contributed by atoms with Crippen molar-refractivity contribution < 1.29 is 0 Å². The van der Waals surface area contributed by atoms with Crippen molar-refractivity contribution in [2.75, 3.05) is 0 Å². The van der Waals surface area contributed by atoms with Crippen LogP contribution in [0.3, 0.4) is 0 Å². The van der Waals surface area contributed by atoms with E-state index in [1.54, 1.807) is 0 Å². The van der Waals surface area contributed by atoms with Gasteiger partial charge in [-0.3, -0.25) is 0 Å². The van der Waals surface area contributed by atoms with Crippen LogP contribution in [-0.2, 0) is 0 Å². The summed E-state index contributed by atoms with van der Waals surface area (Å²) in [6, 6.07) is 0. The summed E-state index contributed by atoms with van der Waals surface area (Å²) < 4.78 is 0. The maximum Gasteiger partial charge on any atom is -0.0262 e. The van der Waals surface area contributed by atoms with Crippen molar-refractivity contribution in [2.24, 2.45) is 11.8 Å². The van der Waals surface area contributed by atoms with Gasteiger partial charge in [-0.1, -0.05) is 39.0 Å². The number of allylic oxidation sites excluding steroid dienone is 3. The Morgan fingerprint density at radius 1 is 1.25 bits per heavy atom. The molecule has 0 heterocycles. The van der Waals surface area contributed by atoms with Crippen LogP contribution in [0, 0.1) is 18.8 Å². The molecule has 0 bridgehead atoms. The van der Waals surface area contributed by atoms with Crippen LogP contribution in [0.4, 0.5) is 0 Å². The minimum atomic E-state index is 0.626. The molecule has 1 radical (unpaired) electrons. The van der Waals surface area contributed by atoms with Gasteiger partial charge in [0.2, 0.25) is 0 Å². The predicted molar refractivity (Wildman–Crippen MR) is 56.9 cm³/mol. The van der Waals surface area contributed by atoms with Crippen LogP contribution >= 0.6 is 0 Å². The molecule has 0 rings (SSSR count). The molecular formula is C12H21. The molecule has 0 N–H and O–H groups in total. The quantitative estimate of drug-likeness (QED) is 0.522.